The second-order valence-corrected chi connectivity index (χ2v) is 6.45. The van der Waals surface area contributed by atoms with E-state index < -0.39 is 0 Å². The number of nitrogens with zero attached hydrogens (tertiary/aromatic N) is 2. The van der Waals surface area contributed by atoms with Gasteiger partial charge in [-0.2, -0.15) is 0 Å². The molecule has 1 saturated heterocycles. The number of guanidine groups is 1. The molecule has 1 aliphatic heterocycles. The topological polar surface area (TPSA) is 92.0 Å². The van der Waals surface area contributed by atoms with Crippen LogP contribution < -0.4 is 16.4 Å². The number of amides is 1. The Hall–Kier alpha value is -0.610. The number of ether oxygens (including phenoxy) is 1. The van der Waals surface area contributed by atoms with Crippen molar-refractivity contribution in [3.63, 3.8) is 0 Å². The zero-order valence-corrected chi connectivity index (χ0v) is 17.0. The van der Waals surface area contributed by atoms with Crippen LogP contribution in [0, 0.1) is 11.8 Å². The Balaban J connectivity index is 0.00000288. The van der Waals surface area contributed by atoms with Crippen LogP contribution in [0.1, 0.15) is 25.7 Å². The Kier molecular flexibility index (Phi) is 10.6. The zero-order chi connectivity index (χ0) is 16.5. The van der Waals surface area contributed by atoms with Crippen LogP contribution in [0.5, 0.6) is 0 Å². The van der Waals surface area contributed by atoms with Crippen LogP contribution in [0.2, 0.25) is 0 Å². The van der Waals surface area contributed by atoms with Gasteiger partial charge in [0, 0.05) is 45.7 Å². The van der Waals surface area contributed by atoms with Crippen LogP contribution >= 0.6 is 24.0 Å². The predicted molar refractivity (Wildman–Crippen MR) is 107 cm³/mol. The van der Waals surface area contributed by atoms with Crippen molar-refractivity contribution >= 4 is 35.8 Å². The first kappa shape index (κ1) is 21.4. The number of halogens is 1. The van der Waals surface area contributed by atoms with Crippen LogP contribution in [0.3, 0.4) is 0 Å². The quantitative estimate of drug-likeness (QED) is 0.308. The number of aliphatic imine (C=N–C) groups is 1. The summed E-state index contributed by atoms with van der Waals surface area (Å²) in [5.41, 5.74) is 5.38. The van der Waals surface area contributed by atoms with E-state index in [1.54, 1.807) is 7.05 Å². The summed E-state index contributed by atoms with van der Waals surface area (Å²) < 4.78 is 5.35. The molecule has 0 spiro atoms. The highest BCUT2D eigenvalue weighted by atomic mass is 127. The van der Waals surface area contributed by atoms with Gasteiger partial charge in [0.1, 0.15) is 0 Å². The van der Waals surface area contributed by atoms with Crippen molar-refractivity contribution in [2.75, 3.05) is 53.0 Å². The standard InChI is InChI=1S/C16H31N5O2.HI/c1-18-16(19-6-7-21-8-10-23-11-9-21)20-12-13-2-4-14(5-3-13)15(17)22;/h13-14H,2-12H2,1H3,(H2,17,22)(H2,18,19,20);1H. The number of primary amides is 1. The third-order valence-electron chi connectivity index (χ3n) is 4.86. The van der Waals surface area contributed by atoms with E-state index in [9.17, 15) is 4.79 Å². The molecule has 140 valence electrons. The molecular formula is C16H32IN5O2. The number of carbonyl (C=O) groups is 1. The molecule has 1 aliphatic carbocycles. The Labute approximate surface area is 162 Å². The Morgan fingerprint density at radius 2 is 1.88 bits per heavy atom. The molecule has 0 bridgehead atoms. The van der Waals surface area contributed by atoms with Gasteiger partial charge in [0.15, 0.2) is 5.96 Å². The third kappa shape index (κ3) is 7.52. The molecule has 0 radical (unpaired) electrons. The number of rotatable bonds is 6. The van der Waals surface area contributed by atoms with Gasteiger partial charge < -0.3 is 21.1 Å². The number of carbonyl (C=O) groups excluding carboxylic acids is 1. The van der Waals surface area contributed by atoms with Crippen LogP contribution in [0.15, 0.2) is 4.99 Å². The van der Waals surface area contributed by atoms with Gasteiger partial charge in [-0.25, -0.2) is 0 Å². The number of hydrogen-bond donors (Lipinski definition) is 3. The minimum Gasteiger partial charge on any atom is -0.379 e. The number of nitrogens with two attached hydrogens (primary N) is 1. The van der Waals surface area contributed by atoms with Gasteiger partial charge in [0.05, 0.1) is 13.2 Å². The van der Waals surface area contributed by atoms with Crippen molar-refractivity contribution in [1.82, 2.24) is 15.5 Å². The van der Waals surface area contributed by atoms with E-state index in [0.29, 0.717) is 5.92 Å². The van der Waals surface area contributed by atoms with E-state index in [0.717, 1.165) is 77.6 Å². The molecule has 1 amide bonds. The van der Waals surface area contributed by atoms with Gasteiger partial charge in [-0.3, -0.25) is 14.7 Å². The van der Waals surface area contributed by atoms with Crippen LogP contribution in [0.4, 0.5) is 0 Å². The summed E-state index contributed by atoms with van der Waals surface area (Å²) in [7, 11) is 1.80. The van der Waals surface area contributed by atoms with Gasteiger partial charge in [0.2, 0.25) is 5.91 Å². The molecule has 0 aromatic rings. The predicted octanol–water partition coefficient (Wildman–Crippen LogP) is 0.393. The molecule has 24 heavy (non-hydrogen) atoms. The lowest BCUT2D eigenvalue weighted by Gasteiger charge is -2.28. The summed E-state index contributed by atoms with van der Waals surface area (Å²) in [4.78, 5) is 17.9. The molecule has 1 heterocycles. The average Bonchev–Trinajstić information content (AvgIpc) is 2.59. The highest BCUT2D eigenvalue weighted by Gasteiger charge is 2.24. The average molecular weight is 453 g/mol. The fourth-order valence-corrected chi connectivity index (χ4v) is 3.27. The van der Waals surface area contributed by atoms with Gasteiger partial charge in [-0.1, -0.05) is 0 Å². The Bertz CT molecular complexity index is 394. The fraction of sp³-hybridized carbons (Fsp3) is 0.875. The lowest BCUT2D eigenvalue weighted by atomic mass is 9.82. The lowest BCUT2D eigenvalue weighted by Crippen LogP contribution is -2.45. The molecule has 0 aromatic carbocycles. The Morgan fingerprint density at radius 1 is 1.21 bits per heavy atom. The second-order valence-electron chi connectivity index (χ2n) is 6.45. The number of hydrogen-bond acceptors (Lipinski definition) is 4. The summed E-state index contributed by atoms with van der Waals surface area (Å²) in [5.74, 6) is 1.40. The normalized spacial score (nSPS) is 25.6. The first-order valence-corrected chi connectivity index (χ1v) is 8.73. The van der Waals surface area contributed by atoms with Crippen molar-refractivity contribution in [2.24, 2.45) is 22.6 Å². The molecule has 2 rings (SSSR count). The lowest BCUT2D eigenvalue weighted by molar-refractivity contribution is -0.122. The monoisotopic (exact) mass is 453 g/mol. The summed E-state index contributed by atoms with van der Waals surface area (Å²) in [5, 5.41) is 6.77. The molecule has 2 fully saturated rings. The fourth-order valence-electron chi connectivity index (χ4n) is 3.27. The maximum absolute atomic E-state index is 11.2. The molecule has 0 aromatic heterocycles. The zero-order valence-electron chi connectivity index (χ0n) is 14.6. The molecule has 0 atom stereocenters. The maximum atomic E-state index is 11.2. The molecule has 0 unspecified atom stereocenters. The van der Waals surface area contributed by atoms with Crippen LogP contribution in [0.25, 0.3) is 0 Å². The van der Waals surface area contributed by atoms with Crippen molar-refractivity contribution in [3.8, 4) is 0 Å². The molecule has 7 nitrogen and oxygen atoms in total. The van der Waals surface area contributed by atoms with Gasteiger partial charge >= 0.3 is 0 Å². The first-order valence-electron chi connectivity index (χ1n) is 8.73. The van der Waals surface area contributed by atoms with Crippen molar-refractivity contribution < 1.29 is 9.53 Å². The molecule has 4 N–H and O–H groups in total. The largest absolute Gasteiger partial charge is 0.379 e. The summed E-state index contributed by atoms with van der Waals surface area (Å²) in [6, 6.07) is 0. The minimum absolute atomic E-state index is 0. The maximum Gasteiger partial charge on any atom is 0.220 e. The highest BCUT2D eigenvalue weighted by Crippen LogP contribution is 2.27. The van der Waals surface area contributed by atoms with Gasteiger partial charge in [-0.15, -0.1) is 24.0 Å². The summed E-state index contributed by atoms with van der Waals surface area (Å²) in [6.45, 7) is 6.49. The number of morpholine rings is 1. The van der Waals surface area contributed by atoms with Gasteiger partial charge in [-0.05, 0) is 31.6 Å². The first-order chi connectivity index (χ1) is 11.2. The Morgan fingerprint density at radius 3 is 2.46 bits per heavy atom. The third-order valence-corrected chi connectivity index (χ3v) is 4.86. The van der Waals surface area contributed by atoms with Crippen LogP contribution in [-0.4, -0.2) is 69.8 Å². The van der Waals surface area contributed by atoms with E-state index in [1.165, 1.54) is 0 Å². The van der Waals surface area contributed by atoms with E-state index in [1.807, 2.05) is 0 Å². The molecule has 1 saturated carbocycles. The molecular weight excluding hydrogens is 421 g/mol. The van der Waals surface area contributed by atoms with E-state index >= 15 is 0 Å². The van der Waals surface area contributed by atoms with Gasteiger partial charge in [0.25, 0.3) is 0 Å². The molecule has 2 aliphatic rings. The van der Waals surface area contributed by atoms with E-state index in [2.05, 4.69) is 20.5 Å². The summed E-state index contributed by atoms with van der Waals surface area (Å²) >= 11 is 0. The highest BCUT2D eigenvalue weighted by molar-refractivity contribution is 14.0. The van der Waals surface area contributed by atoms with Crippen molar-refractivity contribution in [3.05, 3.63) is 0 Å². The van der Waals surface area contributed by atoms with E-state index in [4.69, 9.17) is 10.5 Å². The second kappa shape index (κ2) is 11.9. The smallest absolute Gasteiger partial charge is 0.220 e. The van der Waals surface area contributed by atoms with Crippen molar-refractivity contribution in [2.45, 2.75) is 25.7 Å². The summed E-state index contributed by atoms with van der Waals surface area (Å²) in [6.07, 6.45) is 3.96. The van der Waals surface area contributed by atoms with Crippen molar-refractivity contribution in [1.29, 1.82) is 0 Å². The molecule has 8 heteroatoms. The minimum atomic E-state index is -0.142. The number of nitrogens with one attached hydrogen (secondary N) is 2. The SMILES string of the molecule is CN=C(NCCN1CCOCC1)NCC1CCC(C(N)=O)CC1.I. The van der Waals surface area contributed by atoms with Crippen LogP contribution in [-0.2, 0) is 9.53 Å². The van der Waals surface area contributed by atoms with E-state index in [-0.39, 0.29) is 35.8 Å².